The molecule has 1 aliphatic heterocycles. The van der Waals surface area contributed by atoms with Crippen molar-refractivity contribution < 1.29 is 19.3 Å². The first kappa shape index (κ1) is 13.9. The highest BCUT2D eigenvalue weighted by atomic mass is 19.2. The number of ether oxygens (including phenoxy) is 1. The number of hydrogen-bond donors (Lipinski definition) is 4. The highest BCUT2D eigenvalue weighted by Crippen LogP contribution is 2.42. The standard InChI is InChI=1S/C10H15FN4O4/c1-9(13)6(17)10(11,4-16)19-7(9)15-3-2-5(12)14-8(15)18/h2-3,6-7,16-17H,4,13H2,1H3,(H2,12,14,18)/t6-,7+,9+,10+/m0/s1. The van der Waals surface area contributed by atoms with Crippen molar-refractivity contribution in [3.8, 4) is 0 Å². The van der Waals surface area contributed by atoms with Gasteiger partial charge in [0.05, 0.1) is 5.54 Å². The van der Waals surface area contributed by atoms with Crippen molar-refractivity contribution in [3.05, 3.63) is 22.7 Å². The maximum absolute atomic E-state index is 14.1. The Morgan fingerprint density at radius 3 is 2.79 bits per heavy atom. The van der Waals surface area contributed by atoms with E-state index in [0.717, 1.165) is 4.57 Å². The number of aliphatic hydroxyl groups excluding tert-OH is 2. The second-order valence-corrected chi connectivity index (χ2v) is 4.73. The number of nitrogens with two attached hydrogens (primary N) is 2. The van der Waals surface area contributed by atoms with Crippen LogP contribution < -0.4 is 17.2 Å². The van der Waals surface area contributed by atoms with Crippen LogP contribution in [0.2, 0.25) is 0 Å². The molecule has 0 aliphatic carbocycles. The maximum atomic E-state index is 14.1. The number of hydrogen-bond acceptors (Lipinski definition) is 7. The van der Waals surface area contributed by atoms with Gasteiger partial charge in [0.25, 0.3) is 5.85 Å². The molecule has 6 N–H and O–H groups in total. The third-order valence-electron chi connectivity index (χ3n) is 3.16. The summed E-state index contributed by atoms with van der Waals surface area (Å²) in [5, 5.41) is 18.8. The van der Waals surface area contributed by atoms with E-state index in [9.17, 15) is 14.3 Å². The highest BCUT2D eigenvalue weighted by molar-refractivity contribution is 5.24. The van der Waals surface area contributed by atoms with Gasteiger partial charge in [-0.15, -0.1) is 0 Å². The lowest BCUT2D eigenvalue weighted by atomic mass is 9.92. The van der Waals surface area contributed by atoms with Crippen LogP contribution in [0.3, 0.4) is 0 Å². The fraction of sp³-hybridized carbons (Fsp3) is 0.600. The molecule has 0 spiro atoms. The first-order valence-electron chi connectivity index (χ1n) is 5.51. The molecule has 1 fully saturated rings. The predicted molar refractivity (Wildman–Crippen MR) is 62.6 cm³/mol. The number of nitrogens with zero attached hydrogens (tertiary/aromatic N) is 2. The number of aliphatic hydroxyl groups is 2. The van der Waals surface area contributed by atoms with Crippen molar-refractivity contribution in [2.24, 2.45) is 5.73 Å². The summed E-state index contributed by atoms with van der Waals surface area (Å²) >= 11 is 0. The third kappa shape index (κ3) is 2.00. The van der Waals surface area contributed by atoms with Gasteiger partial charge in [-0.2, -0.15) is 4.98 Å². The summed E-state index contributed by atoms with van der Waals surface area (Å²) in [4.78, 5) is 15.2. The Labute approximate surface area is 107 Å². The molecule has 106 valence electrons. The van der Waals surface area contributed by atoms with Crippen LogP contribution in [0.1, 0.15) is 13.2 Å². The SMILES string of the molecule is C[C@]1(N)[C@H](n2ccc(N)nc2=O)O[C@](F)(CO)[C@H]1O. The maximum Gasteiger partial charge on any atom is 0.351 e. The Morgan fingerprint density at radius 2 is 2.32 bits per heavy atom. The smallest absolute Gasteiger partial charge is 0.351 e. The van der Waals surface area contributed by atoms with E-state index in [2.05, 4.69) is 4.98 Å². The molecule has 8 nitrogen and oxygen atoms in total. The van der Waals surface area contributed by atoms with E-state index in [-0.39, 0.29) is 5.82 Å². The zero-order chi connectivity index (χ0) is 14.4. The highest BCUT2D eigenvalue weighted by Gasteiger charge is 2.61. The van der Waals surface area contributed by atoms with Gasteiger partial charge in [-0.3, -0.25) is 4.57 Å². The average molecular weight is 274 g/mol. The van der Waals surface area contributed by atoms with Gasteiger partial charge in [0.15, 0.2) is 6.23 Å². The predicted octanol–water partition coefficient (Wildman–Crippen LogP) is -1.91. The van der Waals surface area contributed by atoms with Gasteiger partial charge in [0.2, 0.25) is 0 Å². The molecule has 1 saturated heterocycles. The molecule has 2 rings (SSSR count). The molecular weight excluding hydrogens is 259 g/mol. The zero-order valence-corrected chi connectivity index (χ0v) is 10.2. The minimum atomic E-state index is -2.74. The minimum Gasteiger partial charge on any atom is -0.390 e. The number of anilines is 1. The second kappa shape index (κ2) is 4.23. The largest absolute Gasteiger partial charge is 0.390 e. The van der Waals surface area contributed by atoms with Gasteiger partial charge in [-0.05, 0) is 13.0 Å². The number of alkyl halides is 1. The third-order valence-corrected chi connectivity index (χ3v) is 3.16. The molecule has 2 heterocycles. The summed E-state index contributed by atoms with van der Waals surface area (Å²) in [6.07, 6.45) is -1.89. The van der Waals surface area contributed by atoms with Crippen LogP contribution in [0.4, 0.5) is 10.2 Å². The van der Waals surface area contributed by atoms with Gasteiger partial charge in [0, 0.05) is 6.20 Å². The number of halogens is 1. The Bertz CT molecular complexity index is 549. The monoisotopic (exact) mass is 274 g/mol. The molecule has 0 unspecified atom stereocenters. The molecule has 1 aromatic rings. The van der Waals surface area contributed by atoms with Gasteiger partial charge in [-0.1, -0.05) is 0 Å². The summed E-state index contributed by atoms with van der Waals surface area (Å²) in [6, 6.07) is 1.31. The van der Waals surface area contributed by atoms with Gasteiger partial charge >= 0.3 is 5.69 Å². The van der Waals surface area contributed by atoms with Gasteiger partial charge in [0.1, 0.15) is 18.5 Å². The molecule has 0 aromatic carbocycles. The van der Waals surface area contributed by atoms with Crippen LogP contribution in [-0.2, 0) is 4.74 Å². The van der Waals surface area contributed by atoms with E-state index < -0.39 is 36.0 Å². The zero-order valence-electron chi connectivity index (χ0n) is 10.2. The molecule has 0 amide bonds. The second-order valence-electron chi connectivity index (χ2n) is 4.73. The lowest BCUT2D eigenvalue weighted by Crippen LogP contribution is -2.55. The summed E-state index contributed by atoms with van der Waals surface area (Å²) < 4.78 is 20.0. The van der Waals surface area contributed by atoms with Gasteiger partial charge in [-0.25, -0.2) is 9.18 Å². The van der Waals surface area contributed by atoms with E-state index in [0.29, 0.717) is 0 Å². The van der Waals surface area contributed by atoms with Crippen molar-refractivity contribution in [1.29, 1.82) is 0 Å². The van der Waals surface area contributed by atoms with Crippen LogP contribution in [0.5, 0.6) is 0 Å². The number of rotatable bonds is 2. The van der Waals surface area contributed by atoms with Crippen LogP contribution >= 0.6 is 0 Å². The van der Waals surface area contributed by atoms with Crippen LogP contribution in [0.15, 0.2) is 17.1 Å². The summed E-state index contributed by atoms with van der Waals surface area (Å²) in [7, 11) is 0. The quantitative estimate of drug-likeness (QED) is 0.494. The van der Waals surface area contributed by atoms with Crippen molar-refractivity contribution in [1.82, 2.24) is 9.55 Å². The number of nitrogen functional groups attached to an aromatic ring is 1. The molecule has 1 aromatic heterocycles. The molecule has 0 bridgehead atoms. The molecule has 0 radical (unpaired) electrons. The van der Waals surface area contributed by atoms with Crippen molar-refractivity contribution in [2.45, 2.75) is 30.6 Å². The van der Waals surface area contributed by atoms with Crippen LogP contribution in [0.25, 0.3) is 0 Å². The summed E-state index contributed by atoms with van der Waals surface area (Å²) in [5.41, 5.74) is 8.73. The first-order valence-corrected chi connectivity index (χ1v) is 5.51. The average Bonchev–Trinajstić information content (AvgIpc) is 2.51. The van der Waals surface area contributed by atoms with Gasteiger partial charge < -0.3 is 26.4 Å². The van der Waals surface area contributed by atoms with Crippen molar-refractivity contribution >= 4 is 5.82 Å². The van der Waals surface area contributed by atoms with E-state index in [1.165, 1.54) is 19.2 Å². The van der Waals surface area contributed by atoms with E-state index in [1.807, 2.05) is 0 Å². The van der Waals surface area contributed by atoms with Crippen LogP contribution in [-0.4, -0.2) is 43.9 Å². The molecule has 9 heteroatoms. The topological polar surface area (TPSA) is 137 Å². The normalized spacial score (nSPS) is 38.6. The molecule has 0 saturated carbocycles. The van der Waals surface area contributed by atoms with E-state index in [1.54, 1.807) is 0 Å². The Hall–Kier alpha value is -1.55. The Kier molecular flexibility index (Phi) is 3.09. The van der Waals surface area contributed by atoms with Crippen molar-refractivity contribution in [3.63, 3.8) is 0 Å². The first-order chi connectivity index (χ1) is 8.72. The lowest BCUT2D eigenvalue weighted by Gasteiger charge is -2.28. The minimum absolute atomic E-state index is 0.00723. The Morgan fingerprint density at radius 1 is 1.68 bits per heavy atom. The van der Waals surface area contributed by atoms with Crippen molar-refractivity contribution in [2.75, 3.05) is 12.3 Å². The Balaban J connectivity index is 2.48. The summed E-state index contributed by atoms with van der Waals surface area (Å²) in [6.45, 7) is 0.219. The number of aromatic nitrogens is 2. The molecule has 19 heavy (non-hydrogen) atoms. The summed E-state index contributed by atoms with van der Waals surface area (Å²) in [5.74, 6) is -2.75. The van der Waals surface area contributed by atoms with Crippen LogP contribution in [0, 0.1) is 0 Å². The van der Waals surface area contributed by atoms with E-state index >= 15 is 0 Å². The molecule has 1 aliphatic rings. The fourth-order valence-corrected chi connectivity index (χ4v) is 2.06. The van der Waals surface area contributed by atoms with E-state index in [4.69, 9.17) is 21.3 Å². The lowest BCUT2D eigenvalue weighted by molar-refractivity contribution is -0.207. The molecular formula is C10H15FN4O4. The fourth-order valence-electron chi connectivity index (χ4n) is 2.06. The molecule has 4 atom stereocenters.